The molecule has 0 heterocycles. The lowest BCUT2D eigenvalue weighted by Crippen LogP contribution is -2.19. The van der Waals surface area contributed by atoms with E-state index < -0.39 is 4.92 Å². The van der Waals surface area contributed by atoms with Gasteiger partial charge in [0.1, 0.15) is 5.75 Å². The Morgan fingerprint density at radius 3 is 2.88 bits per heavy atom. The number of carbonyl (C=O) groups excluding carboxylic acids is 1. The van der Waals surface area contributed by atoms with Gasteiger partial charge in [-0.3, -0.25) is 14.9 Å². The Bertz CT molecular complexity index is 829. The van der Waals surface area contributed by atoms with Gasteiger partial charge in [-0.15, -0.1) is 11.8 Å². The maximum absolute atomic E-state index is 11.8. The predicted molar refractivity (Wildman–Crippen MR) is 103 cm³/mol. The first-order valence-corrected chi connectivity index (χ1v) is 8.99. The third-order valence-electron chi connectivity index (χ3n) is 3.21. The van der Waals surface area contributed by atoms with Crippen molar-refractivity contribution < 1.29 is 14.5 Å². The van der Waals surface area contributed by atoms with Crippen LogP contribution in [0, 0.1) is 10.1 Å². The molecule has 2 rings (SSSR count). The van der Waals surface area contributed by atoms with E-state index in [1.165, 1.54) is 43.3 Å². The Balaban J connectivity index is 1.86. The maximum atomic E-state index is 11.8. The molecular weight excluding hydrogens is 378 g/mol. The molecule has 136 valence electrons. The van der Waals surface area contributed by atoms with Gasteiger partial charge < -0.3 is 4.74 Å². The number of hydrogen-bond donors (Lipinski definition) is 1. The van der Waals surface area contributed by atoms with Crippen molar-refractivity contribution in [1.29, 1.82) is 0 Å². The first-order chi connectivity index (χ1) is 12.5. The molecule has 26 heavy (non-hydrogen) atoms. The van der Waals surface area contributed by atoms with Crippen LogP contribution in [0.1, 0.15) is 11.1 Å². The fourth-order valence-corrected chi connectivity index (χ4v) is 3.01. The number of hydrogen-bond acceptors (Lipinski definition) is 6. The van der Waals surface area contributed by atoms with E-state index in [4.69, 9.17) is 16.3 Å². The van der Waals surface area contributed by atoms with Crippen LogP contribution in [0.5, 0.6) is 5.75 Å². The fraction of sp³-hybridized carbons (Fsp3) is 0.176. The second kappa shape index (κ2) is 9.79. The third kappa shape index (κ3) is 6.05. The summed E-state index contributed by atoms with van der Waals surface area (Å²) in [6, 6.07) is 11.6. The van der Waals surface area contributed by atoms with Crippen LogP contribution < -0.4 is 10.2 Å². The lowest BCUT2D eigenvalue weighted by atomic mass is 10.2. The van der Waals surface area contributed by atoms with E-state index in [0.717, 1.165) is 5.56 Å². The van der Waals surface area contributed by atoms with E-state index in [9.17, 15) is 14.9 Å². The van der Waals surface area contributed by atoms with Gasteiger partial charge in [0.25, 0.3) is 5.69 Å². The Hall–Kier alpha value is -2.58. The van der Waals surface area contributed by atoms with E-state index >= 15 is 0 Å². The Morgan fingerprint density at radius 1 is 1.38 bits per heavy atom. The summed E-state index contributed by atoms with van der Waals surface area (Å²) in [5.41, 5.74) is 3.72. The van der Waals surface area contributed by atoms with Crippen molar-refractivity contribution >= 4 is 41.2 Å². The molecule has 0 spiro atoms. The Kier molecular flexibility index (Phi) is 7.43. The molecule has 9 heteroatoms. The summed E-state index contributed by atoms with van der Waals surface area (Å²) in [6.07, 6.45) is 1.31. The average Bonchev–Trinajstić information content (AvgIpc) is 2.61. The maximum Gasteiger partial charge on any atom is 0.270 e. The highest BCUT2D eigenvalue weighted by atomic mass is 35.5. The van der Waals surface area contributed by atoms with Crippen LogP contribution in [0.3, 0.4) is 0 Å². The van der Waals surface area contributed by atoms with Crippen molar-refractivity contribution in [2.75, 3.05) is 12.9 Å². The van der Waals surface area contributed by atoms with Gasteiger partial charge in [0.15, 0.2) is 0 Å². The predicted octanol–water partition coefficient (Wildman–Crippen LogP) is 3.64. The number of hydrazone groups is 1. The van der Waals surface area contributed by atoms with Crippen LogP contribution in [0.4, 0.5) is 5.69 Å². The van der Waals surface area contributed by atoms with Gasteiger partial charge in [-0.05, 0) is 23.8 Å². The van der Waals surface area contributed by atoms with Crippen molar-refractivity contribution in [2.24, 2.45) is 5.10 Å². The number of nitrogens with one attached hydrogen (secondary N) is 1. The molecule has 1 N–H and O–H groups in total. The van der Waals surface area contributed by atoms with E-state index in [1.807, 2.05) is 18.2 Å². The van der Waals surface area contributed by atoms with Gasteiger partial charge in [-0.25, -0.2) is 5.43 Å². The highest BCUT2D eigenvalue weighted by molar-refractivity contribution is 7.99. The Morgan fingerprint density at radius 2 is 2.19 bits per heavy atom. The summed E-state index contributed by atoms with van der Waals surface area (Å²) >= 11 is 7.33. The summed E-state index contributed by atoms with van der Waals surface area (Å²) in [5, 5.41) is 15.3. The second-order valence-electron chi connectivity index (χ2n) is 5.10. The normalized spacial score (nSPS) is 10.7. The molecule has 0 aliphatic heterocycles. The number of amides is 1. The molecule has 0 aromatic heterocycles. The average molecular weight is 394 g/mol. The minimum absolute atomic E-state index is 0.0874. The zero-order chi connectivity index (χ0) is 18.9. The van der Waals surface area contributed by atoms with Crippen LogP contribution in [0.15, 0.2) is 47.6 Å². The van der Waals surface area contributed by atoms with Gasteiger partial charge in [0, 0.05) is 28.5 Å². The van der Waals surface area contributed by atoms with Crippen molar-refractivity contribution in [3.63, 3.8) is 0 Å². The van der Waals surface area contributed by atoms with Crippen LogP contribution in [0.2, 0.25) is 5.02 Å². The second-order valence-corrected chi connectivity index (χ2v) is 6.52. The van der Waals surface area contributed by atoms with Gasteiger partial charge in [0.05, 0.1) is 24.0 Å². The molecule has 2 aromatic carbocycles. The van der Waals surface area contributed by atoms with Crippen LogP contribution in [-0.2, 0) is 10.5 Å². The molecule has 0 unspecified atom stereocenters. The smallest absolute Gasteiger partial charge is 0.270 e. The molecule has 0 bridgehead atoms. The highest BCUT2D eigenvalue weighted by Gasteiger charge is 2.10. The largest absolute Gasteiger partial charge is 0.496 e. The Labute approximate surface area is 159 Å². The molecule has 0 saturated carbocycles. The summed E-state index contributed by atoms with van der Waals surface area (Å²) < 4.78 is 5.12. The lowest BCUT2D eigenvalue weighted by molar-refractivity contribution is -0.384. The van der Waals surface area contributed by atoms with E-state index in [2.05, 4.69) is 10.5 Å². The number of nitro benzene ring substituents is 1. The van der Waals surface area contributed by atoms with Crippen molar-refractivity contribution in [2.45, 2.75) is 5.75 Å². The van der Waals surface area contributed by atoms with Crippen molar-refractivity contribution in [3.8, 4) is 5.75 Å². The SMILES string of the molecule is COc1ccc([N+](=O)[O-])cc1/C=N/NC(=O)CSCc1cccc(Cl)c1. The van der Waals surface area contributed by atoms with Gasteiger partial charge in [-0.2, -0.15) is 5.10 Å². The molecule has 0 aliphatic carbocycles. The molecule has 7 nitrogen and oxygen atoms in total. The summed E-state index contributed by atoms with van der Waals surface area (Å²) in [5.74, 6) is 1.01. The number of thioether (sulfide) groups is 1. The van der Waals surface area contributed by atoms with Gasteiger partial charge in [-0.1, -0.05) is 23.7 Å². The monoisotopic (exact) mass is 393 g/mol. The molecule has 2 aromatic rings. The van der Waals surface area contributed by atoms with Crippen molar-refractivity contribution in [3.05, 3.63) is 68.7 Å². The first-order valence-electron chi connectivity index (χ1n) is 7.46. The minimum atomic E-state index is -0.512. The number of rotatable bonds is 8. The minimum Gasteiger partial charge on any atom is -0.496 e. The molecule has 0 radical (unpaired) electrons. The van der Waals surface area contributed by atoms with E-state index in [1.54, 1.807) is 6.07 Å². The number of methoxy groups -OCH3 is 1. The first kappa shape index (κ1) is 19.7. The zero-order valence-electron chi connectivity index (χ0n) is 13.8. The standard InChI is InChI=1S/C17H16ClN3O4S/c1-25-16-6-5-15(21(23)24)8-13(16)9-19-20-17(22)11-26-10-12-3-2-4-14(18)7-12/h2-9H,10-11H2,1H3,(H,20,22)/b19-9+. The molecule has 1 amide bonds. The van der Waals surface area contributed by atoms with Crippen molar-refractivity contribution in [1.82, 2.24) is 5.43 Å². The van der Waals surface area contributed by atoms with E-state index in [-0.39, 0.29) is 17.3 Å². The topological polar surface area (TPSA) is 93.8 Å². The summed E-state index contributed by atoms with van der Waals surface area (Å²) in [4.78, 5) is 22.1. The van der Waals surface area contributed by atoms with Gasteiger partial charge in [0.2, 0.25) is 5.91 Å². The number of carbonyl (C=O) groups is 1. The third-order valence-corrected chi connectivity index (χ3v) is 4.45. The molecule has 0 fully saturated rings. The number of nitrogens with zero attached hydrogens (tertiary/aromatic N) is 2. The highest BCUT2D eigenvalue weighted by Crippen LogP contribution is 2.22. The van der Waals surface area contributed by atoms with Crippen LogP contribution >= 0.6 is 23.4 Å². The molecular formula is C17H16ClN3O4S. The summed E-state index contributed by atoms with van der Waals surface area (Å²) in [6.45, 7) is 0. The molecule has 0 saturated heterocycles. The molecule has 0 atom stereocenters. The van der Waals surface area contributed by atoms with Crippen LogP contribution in [0.25, 0.3) is 0 Å². The van der Waals surface area contributed by atoms with E-state index in [0.29, 0.717) is 22.1 Å². The number of non-ortho nitro benzene ring substituents is 1. The molecule has 0 aliphatic rings. The number of benzene rings is 2. The quantitative estimate of drug-likeness (QED) is 0.419. The van der Waals surface area contributed by atoms with Gasteiger partial charge >= 0.3 is 0 Å². The summed E-state index contributed by atoms with van der Waals surface area (Å²) in [7, 11) is 1.45. The number of halogens is 1. The number of nitro groups is 1. The number of ether oxygens (including phenoxy) is 1. The zero-order valence-corrected chi connectivity index (χ0v) is 15.4. The van der Waals surface area contributed by atoms with Crippen LogP contribution in [-0.4, -0.2) is 29.9 Å². The fourth-order valence-electron chi connectivity index (χ4n) is 2.03. The lowest BCUT2D eigenvalue weighted by Gasteiger charge is -2.04.